The molecule has 33 heavy (non-hydrogen) atoms. The molecular weight excluding hydrogens is 421 g/mol. The number of carbonyl (C=O) groups excluding carboxylic acids is 2. The van der Waals surface area contributed by atoms with E-state index in [2.05, 4.69) is 20.9 Å². The van der Waals surface area contributed by atoms with Gasteiger partial charge in [0.25, 0.3) is 0 Å². The van der Waals surface area contributed by atoms with Crippen LogP contribution in [0.15, 0.2) is 36.4 Å². The number of fused-ring (bicyclic) bond motifs is 1. The topological polar surface area (TPSA) is 109 Å². The van der Waals surface area contributed by atoms with Gasteiger partial charge in [-0.1, -0.05) is 18.2 Å². The molecule has 5 N–H and O–H groups in total. The van der Waals surface area contributed by atoms with Crippen molar-refractivity contribution in [3.8, 4) is 0 Å². The van der Waals surface area contributed by atoms with E-state index in [0.29, 0.717) is 18.2 Å². The summed E-state index contributed by atoms with van der Waals surface area (Å²) >= 11 is 0. The molecule has 174 valence electrons. The number of benzene rings is 1. The molecule has 1 aromatic heterocycles. The van der Waals surface area contributed by atoms with E-state index in [9.17, 15) is 14.0 Å². The number of pyridine rings is 1. The average molecular weight is 452 g/mol. The highest BCUT2D eigenvalue weighted by Crippen LogP contribution is 2.35. The molecule has 3 aliphatic rings. The number of nitrogens with zero attached hydrogens (tertiary/aromatic N) is 1. The van der Waals surface area contributed by atoms with E-state index in [1.165, 1.54) is 12.1 Å². The quantitative estimate of drug-likeness (QED) is 0.515. The van der Waals surface area contributed by atoms with E-state index in [0.717, 1.165) is 55.5 Å². The molecular formula is C25H30FN5O2. The molecule has 2 amide bonds. The Bertz CT molecular complexity index is 1040. The van der Waals surface area contributed by atoms with E-state index < -0.39 is 6.04 Å². The molecule has 4 unspecified atom stereocenters. The van der Waals surface area contributed by atoms with Gasteiger partial charge in [-0.2, -0.15) is 0 Å². The lowest BCUT2D eigenvalue weighted by atomic mass is 9.96. The van der Waals surface area contributed by atoms with Gasteiger partial charge in [0.1, 0.15) is 17.7 Å². The highest BCUT2D eigenvalue weighted by atomic mass is 19.1. The summed E-state index contributed by atoms with van der Waals surface area (Å²) in [5, 5.41) is 9.45. The number of anilines is 1. The summed E-state index contributed by atoms with van der Waals surface area (Å²) in [7, 11) is 0. The van der Waals surface area contributed by atoms with Gasteiger partial charge in [0.15, 0.2) is 0 Å². The van der Waals surface area contributed by atoms with Gasteiger partial charge >= 0.3 is 0 Å². The first-order chi connectivity index (χ1) is 16.0. The summed E-state index contributed by atoms with van der Waals surface area (Å²) in [6, 6.07) is 9.29. The molecule has 1 saturated heterocycles. The normalized spacial score (nSPS) is 24.8. The summed E-state index contributed by atoms with van der Waals surface area (Å²) < 4.78 is 13.1. The van der Waals surface area contributed by atoms with Crippen LogP contribution in [-0.2, 0) is 22.4 Å². The Morgan fingerprint density at radius 1 is 1.15 bits per heavy atom. The van der Waals surface area contributed by atoms with Gasteiger partial charge in [-0.3, -0.25) is 9.59 Å². The fourth-order valence-corrected chi connectivity index (χ4v) is 5.09. The second-order valence-corrected chi connectivity index (χ2v) is 9.59. The molecule has 2 fully saturated rings. The van der Waals surface area contributed by atoms with Crippen molar-refractivity contribution in [2.75, 3.05) is 12.3 Å². The average Bonchev–Trinajstić information content (AvgIpc) is 3.41. The van der Waals surface area contributed by atoms with Crippen LogP contribution in [-0.4, -0.2) is 35.4 Å². The van der Waals surface area contributed by atoms with Crippen molar-refractivity contribution in [1.29, 1.82) is 0 Å². The fourth-order valence-electron chi connectivity index (χ4n) is 5.09. The lowest BCUT2D eigenvalue weighted by Crippen LogP contribution is -2.52. The minimum absolute atomic E-state index is 0.0940. The molecule has 8 heteroatoms. The molecule has 2 heterocycles. The van der Waals surface area contributed by atoms with Crippen LogP contribution >= 0.6 is 0 Å². The highest BCUT2D eigenvalue weighted by molar-refractivity contribution is 5.90. The molecule has 1 aliphatic heterocycles. The number of hydrogen-bond donors (Lipinski definition) is 4. The lowest BCUT2D eigenvalue weighted by molar-refractivity contribution is -0.130. The van der Waals surface area contributed by atoms with Gasteiger partial charge in [0.05, 0.1) is 12.1 Å². The van der Waals surface area contributed by atoms with Gasteiger partial charge < -0.3 is 21.7 Å². The first-order valence-corrected chi connectivity index (χ1v) is 11.8. The maximum absolute atomic E-state index is 13.1. The van der Waals surface area contributed by atoms with Crippen LogP contribution in [0, 0.1) is 17.7 Å². The van der Waals surface area contributed by atoms with Crippen LogP contribution in [0.4, 0.5) is 10.2 Å². The molecule has 0 radical (unpaired) electrons. The smallest absolute Gasteiger partial charge is 0.243 e. The zero-order valence-electron chi connectivity index (χ0n) is 18.5. The molecule has 2 aromatic rings. The number of nitrogen functional groups attached to an aromatic ring is 1. The molecule has 5 rings (SSSR count). The Labute approximate surface area is 192 Å². The summed E-state index contributed by atoms with van der Waals surface area (Å²) in [6.45, 7) is 0.727. The first-order valence-electron chi connectivity index (χ1n) is 11.8. The van der Waals surface area contributed by atoms with E-state index in [1.807, 2.05) is 6.07 Å². The Hall–Kier alpha value is -3.00. The third kappa shape index (κ3) is 5.00. The predicted molar refractivity (Wildman–Crippen MR) is 123 cm³/mol. The van der Waals surface area contributed by atoms with Crippen LogP contribution in [0.5, 0.6) is 0 Å². The molecule has 2 aliphatic carbocycles. The van der Waals surface area contributed by atoms with Crippen molar-refractivity contribution in [2.24, 2.45) is 11.8 Å². The SMILES string of the molecule is Nc1ccc2c(n1)CCC2NC(=O)C(NC(=O)C1CC(Cc2ccc(F)cc2)CN1)C1CC1. The Morgan fingerprint density at radius 2 is 1.94 bits per heavy atom. The monoisotopic (exact) mass is 451 g/mol. The molecule has 0 bridgehead atoms. The summed E-state index contributed by atoms with van der Waals surface area (Å²) in [6.07, 6.45) is 4.96. The van der Waals surface area contributed by atoms with Gasteiger partial charge in [-0.15, -0.1) is 0 Å². The highest BCUT2D eigenvalue weighted by Gasteiger charge is 2.40. The minimum atomic E-state index is -0.513. The summed E-state index contributed by atoms with van der Waals surface area (Å²) in [4.78, 5) is 30.5. The van der Waals surface area contributed by atoms with Crippen LogP contribution in [0.1, 0.15) is 48.5 Å². The Balaban J connectivity index is 1.17. The molecule has 1 saturated carbocycles. The van der Waals surface area contributed by atoms with Crippen molar-refractivity contribution >= 4 is 17.6 Å². The number of hydrogen-bond acceptors (Lipinski definition) is 5. The standard InChI is InChI=1S/C25H30FN5O2/c26-17-5-1-14(2-6-17)11-15-12-21(28-13-15)24(32)31-23(16-3-4-16)25(33)30-20-9-8-19-18(20)7-10-22(27)29-19/h1-2,5-7,10,15-16,20-21,23,28H,3-4,8-9,11-13H2,(H2,27,29)(H,30,33)(H,31,32). The largest absolute Gasteiger partial charge is 0.384 e. The number of nitrogens with one attached hydrogen (secondary N) is 3. The fraction of sp³-hybridized carbons (Fsp3) is 0.480. The number of rotatable bonds is 7. The summed E-state index contributed by atoms with van der Waals surface area (Å²) in [5.41, 5.74) is 8.80. The third-order valence-corrected chi connectivity index (χ3v) is 7.04. The molecule has 0 spiro atoms. The Kier molecular flexibility index (Phi) is 6.01. The van der Waals surface area contributed by atoms with E-state index in [1.54, 1.807) is 18.2 Å². The van der Waals surface area contributed by atoms with Crippen LogP contribution in [0.2, 0.25) is 0 Å². The second kappa shape index (κ2) is 9.09. The molecule has 7 nitrogen and oxygen atoms in total. The van der Waals surface area contributed by atoms with Crippen molar-refractivity contribution in [3.63, 3.8) is 0 Å². The number of aryl methyl sites for hydroxylation is 1. The van der Waals surface area contributed by atoms with Gasteiger partial charge in [-0.05, 0) is 86.2 Å². The maximum Gasteiger partial charge on any atom is 0.243 e. The summed E-state index contributed by atoms with van der Waals surface area (Å²) in [5.74, 6) is 0.494. The molecule has 4 atom stereocenters. The zero-order valence-corrected chi connectivity index (χ0v) is 18.5. The van der Waals surface area contributed by atoms with Crippen molar-refractivity contribution < 1.29 is 14.0 Å². The number of aromatic nitrogens is 1. The third-order valence-electron chi connectivity index (χ3n) is 7.04. The minimum Gasteiger partial charge on any atom is -0.384 e. The van der Waals surface area contributed by atoms with Crippen molar-refractivity contribution in [2.45, 2.75) is 56.7 Å². The number of nitrogens with two attached hydrogens (primary N) is 1. The zero-order chi connectivity index (χ0) is 22.9. The first kappa shape index (κ1) is 21.8. The van der Waals surface area contributed by atoms with Crippen LogP contribution in [0.3, 0.4) is 0 Å². The predicted octanol–water partition coefficient (Wildman–Crippen LogP) is 2.02. The van der Waals surface area contributed by atoms with E-state index in [-0.39, 0.29) is 35.6 Å². The van der Waals surface area contributed by atoms with Gasteiger partial charge in [-0.25, -0.2) is 9.37 Å². The number of amides is 2. The number of carbonyl (C=O) groups is 2. The lowest BCUT2D eigenvalue weighted by Gasteiger charge is -2.23. The maximum atomic E-state index is 13.1. The number of halogens is 1. The second-order valence-electron chi connectivity index (χ2n) is 9.59. The van der Waals surface area contributed by atoms with Crippen molar-refractivity contribution in [3.05, 3.63) is 59.0 Å². The van der Waals surface area contributed by atoms with Crippen LogP contribution < -0.4 is 21.7 Å². The van der Waals surface area contributed by atoms with Crippen molar-refractivity contribution in [1.82, 2.24) is 20.9 Å². The van der Waals surface area contributed by atoms with E-state index >= 15 is 0 Å². The molecule has 1 aromatic carbocycles. The van der Waals surface area contributed by atoms with E-state index in [4.69, 9.17) is 5.73 Å². The van der Waals surface area contributed by atoms with Gasteiger partial charge in [0.2, 0.25) is 11.8 Å². The van der Waals surface area contributed by atoms with Crippen LogP contribution in [0.25, 0.3) is 0 Å². The Morgan fingerprint density at radius 3 is 2.70 bits per heavy atom. The van der Waals surface area contributed by atoms with Gasteiger partial charge in [0, 0.05) is 5.69 Å².